The van der Waals surface area contributed by atoms with E-state index in [9.17, 15) is 4.79 Å². The molecular weight excluding hydrogens is 350 g/mol. The maximum atomic E-state index is 12.3. The fourth-order valence-corrected chi connectivity index (χ4v) is 3.23. The first-order valence-corrected chi connectivity index (χ1v) is 8.56. The predicted molar refractivity (Wildman–Crippen MR) is 98.5 cm³/mol. The van der Waals surface area contributed by atoms with Gasteiger partial charge in [0.25, 0.3) is 5.91 Å². The van der Waals surface area contributed by atoms with Crippen molar-refractivity contribution in [2.75, 3.05) is 0 Å². The summed E-state index contributed by atoms with van der Waals surface area (Å²) in [6.45, 7) is 1.82. The maximum Gasteiger partial charge on any atom is 0.271 e. The van der Waals surface area contributed by atoms with Gasteiger partial charge in [-0.05, 0) is 53.7 Å². The molecular formula is C17H13N7OS. The molecule has 0 aliphatic heterocycles. The highest BCUT2D eigenvalue weighted by Gasteiger charge is 2.09. The molecule has 2 aromatic carbocycles. The fourth-order valence-electron chi connectivity index (χ4n) is 2.32. The highest BCUT2D eigenvalue weighted by molar-refractivity contribution is 7.20. The normalized spacial score (nSPS) is 11.7. The van der Waals surface area contributed by atoms with Crippen LogP contribution in [-0.4, -0.2) is 36.8 Å². The van der Waals surface area contributed by atoms with Crippen molar-refractivity contribution >= 4 is 33.2 Å². The van der Waals surface area contributed by atoms with Gasteiger partial charge in [-0.15, -0.1) is 16.4 Å². The van der Waals surface area contributed by atoms with E-state index in [4.69, 9.17) is 0 Å². The molecule has 0 spiro atoms. The molecule has 0 fully saturated rings. The number of hydrazone groups is 1. The molecule has 0 aliphatic rings. The first kappa shape index (κ1) is 16.0. The monoisotopic (exact) mass is 363 g/mol. The lowest BCUT2D eigenvalue weighted by molar-refractivity contribution is 0.0955. The van der Waals surface area contributed by atoms with Gasteiger partial charge >= 0.3 is 0 Å². The molecule has 26 heavy (non-hydrogen) atoms. The number of thiazole rings is 1. The van der Waals surface area contributed by atoms with Crippen molar-refractivity contribution in [2.45, 2.75) is 6.92 Å². The number of aromatic nitrogens is 5. The standard InChI is InChI=1S/C17H13N7OS/c1-11(17-19-14-4-2-3-5-15(14)26-17)20-21-16(25)12-6-8-13(9-7-12)24-10-18-22-23-24/h2-10H,1H3,(H,21,25)/b20-11-. The number of carbonyl (C=O) groups excluding carboxylic acids is 1. The molecule has 0 bridgehead atoms. The number of hydrogen-bond acceptors (Lipinski definition) is 7. The Morgan fingerprint density at radius 1 is 1.15 bits per heavy atom. The summed E-state index contributed by atoms with van der Waals surface area (Å²) in [4.78, 5) is 16.8. The van der Waals surface area contributed by atoms with Crippen LogP contribution in [0.2, 0.25) is 0 Å². The molecule has 1 N–H and O–H groups in total. The van der Waals surface area contributed by atoms with Gasteiger partial charge in [0.15, 0.2) is 0 Å². The van der Waals surface area contributed by atoms with Gasteiger partial charge in [0, 0.05) is 5.56 Å². The number of hydrogen-bond donors (Lipinski definition) is 1. The van der Waals surface area contributed by atoms with Crippen LogP contribution in [0.25, 0.3) is 15.9 Å². The smallest absolute Gasteiger partial charge is 0.267 e. The van der Waals surface area contributed by atoms with Crippen molar-refractivity contribution < 1.29 is 4.79 Å². The van der Waals surface area contributed by atoms with Crippen LogP contribution in [0, 0.1) is 0 Å². The van der Waals surface area contributed by atoms with Gasteiger partial charge in [0.05, 0.1) is 21.6 Å². The van der Waals surface area contributed by atoms with Gasteiger partial charge in [0.1, 0.15) is 11.3 Å². The van der Waals surface area contributed by atoms with E-state index >= 15 is 0 Å². The highest BCUT2D eigenvalue weighted by Crippen LogP contribution is 2.21. The Labute approximate surface area is 152 Å². The molecule has 0 unspecified atom stereocenters. The van der Waals surface area contributed by atoms with Crippen LogP contribution in [0.5, 0.6) is 0 Å². The number of nitrogens with one attached hydrogen (secondary N) is 1. The van der Waals surface area contributed by atoms with Crippen LogP contribution >= 0.6 is 11.3 Å². The average molecular weight is 363 g/mol. The Balaban J connectivity index is 1.48. The SMILES string of the molecule is C/C(=N/NC(=O)c1ccc(-n2cnnn2)cc1)c1nc2ccccc2s1. The van der Waals surface area contributed by atoms with E-state index in [0.717, 1.165) is 20.9 Å². The molecule has 128 valence electrons. The minimum atomic E-state index is -0.297. The van der Waals surface area contributed by atoms with E-state index < -0.39 is 0 Å². The van der Waals surface area contributed by atoms with Crippen molar-refractivity contribution in [1.82, 2.24) is 30.6 Å². The number of fused-ring (bicyclic) bond motifs is 1. The zero-order valence-corrected chi connectivity index (χ0v) is 14.5. The topological polar surface area (TPSA) is 98.0 Å². The third kappa shape index (κ3) is 3.20. The van der Waals surface area contributed by atoms with Gasteiger partial charge < -0.3 is 0 Å². The Kier molecular flexibility index (Phi) is 4.20. The molecule has 0 radical (unpaired) electrons. The molecule has 2 heterocycles. The van der Waals surface area contributed by atoms with Gasteiger partial charge in [-0.2, -0.15) is 5.10 Å². The number of nitrogens with zero attached hydrogens (tertiary/aromatic N) is 6. The molecule has 4 rings (SSSR count). The van der Waals surface area contributed by atoms with Crippen LogP contribution in [0.1, 0.15) is 22.3 Å². The van der Waals surface area contributed by atoms with Gasteiger partial charge in [-0.3, -0.25) is 4.79 Å². The Morgan fingerprint density at radius 2 is 1.96 bits per heavy atom. The molecule has 1 amide bonds. The van der Waals surface area contributed by atoms with E-state index in [0.29, 0.717) is 11.3 Å². The summed E-state index contributed by atoms with van der Waals surface area (Å²) in [7, 11) is 0. The second kappa shape index (κ2) is 6.81. The average Bonchev–Trinajstić information content (AvgIpc) is 3.35. The van der Waals surface area contributed by atoms with Crippen molar-refractivity contribution in [2.24, 2.45) is 5.10 Å². The summed E-state index contributed by atoms with van der Waals surface area (Å²) >= 11 is 1.54. The molecule has 8 nitrogen and oxygen atoms in total. The largest absolute Gasteiger partial charge is 0.271 e. The summed E-state index contributed by atoms with van der Waals surface area (Å²) < 4.78 is 2.60. The first-order valence-electron chi connectivity index (χ1n) is 7.75. The molecule has 0 saturated heterocycles. The number of rotatable bonds is 4. The van der Waals surface area contributed by atoms with E-state index in [2.05, 4.69) is 31.0 Å². The number of amides is 1. The quantitative estimate of drug-likeness (QED) is 0.443. The lowest BCUT2D eigenvalue weighted by Crippen LogP contribution is -2.19. The summed E-state index contributed by atoms with van der Waals surface area (Å²) in [5, 5.41) is 15.9. The van der Waals surface area contributed by atoms with Crippen molar-refractivity contribution in [1.29, 1.82) is 0 Å². The lowest BCUT2D eigenvalue weighted by atomic mass is 10.2. The van der Waals surface area contributed by atoms with Crippen LogP contribution in [0.3, 0.4) is 0 Å². The van der Waals surface area contributed by atoms with Crippen molar-refractivity contribution in [3.8, 4) is 5.69 Å². The second-order valence-corrected chi connectivity index (χ2v) is 6.46. The Hall–Kier alpha value is -3.46. The molecule has 0 atom stereocenters. The van der Waals surface area contributed by atoms with Crippen LogP contribution in [0.15, 0.2) is 60.0 Å². The summed E-state index contributed by atoms with van der Waals surface area (Å²) in [6, 6.07) is 14.8. The third-order valence-electron chi connectivity index (χ3n) is 3.67. The molecule has 4 aromatic rings. The summed E-state index contributed by atoms with van der Waals surface area (Å²) in [6.07, 6.45) is 1.49. The van der Waals surface area contributed by atoms with Crippen LogP contribution in [-0.2, 0) is 0 Å². The molecule has 0 saturated carbocycles. The number of carbonyl (C=O) groups is 1. The molecule has 2 aromatic heterocycles. The second-order valence-electron chi connectivity index (χ2n) is 5.43. The minimum absolute atomic E-state index is 0.297. The predicted octanol–water partition coefficient (Wildman–Crippen LogP) is 2.43. The Morgan fingerprint density at radius 3 is 2.69 bits per heavy atom. The molecule has 0 aliphatic carbocycles. The van der Waals surface area contributed by atoms with Crippen LogP contribution in [0.4, 0.5) is 0 Å². The zero-order valence-electron chi connectivity index (χ0n) is 13.7. The van der Waals surface area contributed by atoms with Gasteiger partial charge in [0.2, 0.25) is 0 Å². The first-order chi connectivity index (χ1) is 12.7. The summed E-state index contributed by atoms with van der Waals surface area (Å²) in [5.74, 6) is -0.297. The number of benzene rings is 2. The van der Waals surface area contributed by atoms with E-state index in [1.807, 2.05) is 31.2 Å². The van der Waals surface area contributed by atoms with Crippen molar-refractivity contribution in [3.05, 3.63) is 65.4 Å². The lowest BCUT2D eigenvalue weighted by Gasteiger charge is -2.03. The van der Waals surface area contributed by atoms with Crippen LogP contribution < -0.4 is 5.43 Å². The van der Waals surface area contributed by atoms with E-state index in [1.54, 1.807) is 24.3 Å². The van der Waals surface area contributed by atoms with E-state index in [1.165, 1.54) is 22.3 Å². The van der Waals surface area contributed by atoms with Gasteiger partial charge in [-0.1, -0.05) is 12.1 Å². The molecule has 9 heteroatoms. The van der Waals surface area contributed by atoms with Crippen molar-refractivity contribution in [3.63, 3.8) is 0 Å². The number of para-hydroxylation sites is 1. The van der Waals surface area contributed by atoms with Gasteiger partial charge in [-0.25, -0.2) is 15.1 Å². The van der Waals surface area contributed by atoms with E-state index in [-0.39, 0.29) is 5.91 Å². The zero-order chi connectivity index (χ0) is 17.9. The fraction of sp³-hybridized carbons (Fsp3) is 0.0588. The minimum Gasteiger partial charge on any atom is -0.267 e. The Bertz CT molecular complexity index is 1050. The maximum absolute atomic E-state index is 12.3. The summed E-state index contributed by atoms with van der Waals surface area (Å²) in [5.41, 5.74) is 5.40. The third-order valence-corrected chi connectivity index (χ3v) is 4.82. The number of tetrazole rings is 1. The highest BCUT2D eigenvalue weighted by atomic mass is 32.1.